The van der Waals surface area contributed by atoms with Gasteiger partial charge in [-0.25, -0.2) is 18.6 Å². The van der Waals surface area contributed by atoms with Crippen LogP contribution in [0.3, 0.4) is 0 Å². The average Bonchev–Trinajstić information content (AvgIpc) is 2.89. The molecule has 1 aromatic heterocycles. The van der Waals surface area contributed by atoms with Crippen LogP contribution in [0, 0.1) is 27.3 Å². The minimum absolute atomic E-state index is 0.136. The molecule has 12 heteroatoms. The number of nitro groups is 1. The quantitative estimate of drug-likeness (QED) is 0.204. The van der Waals surface area contributed by atoms with Gasteiger partial charge in [0.1, 0.15) is 18.4 Å². The number of methoxy groups -OCH3 is 1. The van der Waals surface area contributed by atoms with Crippen molar-refractivity contribution in [2.75, 3.05) is 12.4 Å². The Morgan fingerprint density at radius 1 is 0.872 bits per heavy atom. The number of benzene rings is 3. The highest BCUT2D eigenvalue weighted by molar-refractivity contribution is 6.11. The molecule has 0 saturated heterocycles. The number of nitrogens with zero attached hydrogens (tertiary/aromatic N) is 2. The summed E-state index contributed by atoms with van der Waals surface area (Å²) in [5.41, 5.74) is 3.22. The maximum Gasteiger partial charge on any atom is 0.349 e. The van der Waals surface area contributed by atoms with E-state index < -0.39 is 21.1 Å². The predicted molar refractivity (Wildman–Crippen MR) is 131 cm³/mol. The molecule has 0 atom stereocenters. The van der Waals surface area contributed by atoms with E-state index in [9.17, 15) is 14.9 Å². The summed E-state index contributed by atoms with van der Waals surface area (Å²) in [6.07, 6.45) is 0. The van der Waals surface area contributed by atoms with Crippen LogP contribution < -0.4 is 33.3 Å². The van der Waals surface area contributed by atoms with Gasteiger partial charge in [0.15, 0.2) is 5.69 Å². The molecule has 4 rings (SSSR count). The van der Waals surface area contributed by atoms with Gasteiger partial charge in [-0.1, -0.05) is 48.5 Å². The summed E-state index contributed by atoms with van der Waals surface area (Å²) in [5, 5.41) is 15.4. The van der Waals surface area contributed by atoms with Gasteiger partial charge in [0.05, 0.1) is 23.2 Å². The fraction of sp³-hybridized carbons (Fsp3) is 0.111. The van der Waals surface area contributed by atoms with Crippen molar-refractivity contribution >= 4 is 17.3 Å². The maximum atomic E-state index is 13.6. The zero-order valence-corrected chi connectivity index (χ0v) is 21.9. The Morgan fingerprint density at radius 3 is 1.87 bits per heavy atom. The Labute approximate surface area is 226 Å². The Hall–Kier alpha value is -4.39. The van der Waals surface area contributed by atoms with E-state index in [0.29, 0.717) is 34.0 Å². The first-order valence-electron chi connectivity index (χ1n) is 11.3. The summed E-state index contributed by atoms with van der Waals surface area (Å²) in [6, 6.07) is 25.1. The Kier molecular flexibility index (Phi) is 9.30. The predicted octanol–water partition coefficient (Wildman–Crippen LogP) is 0.567. The molecule has 0 saturated carbocycles. The van der Waals surface area contributed by atoms with Crippen molar-refractivity contribution in [3.05, 3.63) is 106 Å². The molecule has 0 radical (unpaired) electrons. The first kappa shape index (κ1) is 29.2. The lowest BCUT2D eigenvalue weighted by molar-refractivity contribution is -2.00. The molecule has 0 spiro atoms. The largest absolute Gasteiger partial charge is 0.497 e. The van der Waals surface area contributed by atoms with Gasteiger partial charge in [-0.2, -0.15) is 4.57 Å². The second kappa shape index (κ2) is 12.4. The molecule has 1 amide bonds. The van der Waals surface area contributed by atoms with Crippen LogP contribution >= 0.6 is 0 Å². The third-order valence-electron chi connectivity index (χ3n) is 5.78. The third kappa shape index (κ3) is 7.35. The highest BCUT2D eigenvalue weighted by atomic mass is 35.7. The molecule has 0 unspecified atom stereocenters. The van der Waals surface area contributed by atoms with E-state index in [-0.39, 0.29) is 16.8 Å². The number of amides is 1. The van der Waals surface area contributed by atoms with E-state index in [1.54, 1.807) is 62.0 Å². The fourth-order valence-corrected chi connectivity index (χ4v) is 4.05. The van der Waals surface area contributed by atoms with Gasteiger partial charge in [-0.3, -0.25) is 14.9 Å². The second-order valence-corrected chi connectivity index (χ2v) is 8.90. The number of hydrogen-bond donors (Lipinski definition) is 1. The molecule has 11 nitrogen and oxygen atoms in total. The zero-order valence-electron chi connectivity index (χ0n) is 21.1. The minimum atomic E-state index is -4.94. The Bertz CT molecular complexity index is 1450. The number of halogens is 1. The van der Waals surface area contributed by atoms with Gasteiger partial charge in [-0.05, 0) is 42.0 Å². The highest BCUT2D eigenvalue weighted by Gasteiger charge is 2.38. The molecule has 0 aliphatic carbocycles. The van der Waals surface area contributed by atoms with Crippen LogP contribution in [0.15, 0.2) is 84.9 Å². The van der Waals surface area contributed by atoms with Crippen molar-refractivity contribution in [1.82, 2.24) is 0 Å². The molecule has 3 aromatic carbocycles. The van der Waals surface area contributed by atoms with E-state index in [2.05, 4.69) is 5.32 Å². The number of para-hydroxylation sites is 1. The van der Waals surface area contributed by atoms with Crippen LogP contribution in [0.4, 0.5) is 11.4 Å². The van der Waals surface area contributed by atoms with Crippen LogP contribution in [0.2, 0.25) is 0 Å². The highest BCUT2D eigenvalue weighted by Crippen LogP contribution is 2.40. The summed E-state index contributed by atoms with van der Waals surface area (Å²) in [7, 11) is -1.65. The summed E-state index contributed by atoms with van der Waals surface area (Å²) in [6.45, 7) is 1.79. The summed E-state index contributed by atoms with van der Waals surface area (Å²) in [5.74, 6) is 0.191. The topological polar surface area (TPSA) is 178 Å². The maximum absolute atomic E-state index is 13.6. The molecule has 4 aromatic rings. The number of aromatic nitrogens is 1. The molecule has 39 heavy (non-hydrogen) atoms. The molecule has 202 valence electrons. The van der Waals surface area contributed by atoms with E-state index in [4.69, 9.17) is 23.4 Å². The molecule has 0 aliphatic heterocycles. The SMILES string of the molecule is COc1ccc(-c2c(C(=O)Nc3ccccc3)c(C)[n+](C)c(-c3ccccc3)c2[N+](=O)[O-])cc1.[O-][Cl+3]([O-])([O-])[O-]. The van der Waals surface area contributed by atoms with Crippen LogP contribution in [-0.4, -0.2) is 17.9 Å². The van der Waals surface area contributed by atoms with Crippen LogP contribution in [0.1, 0.15) is 16.1 Å². The minimum Gasteiger partial charge on any atom is -0.497 e. The van der Waals surface area contributed by atoms with Crippen molar-refractivity contribution < 1.29 is 47.9 Å². The number of pyridine rings is 1. The molecule has 0 aliphatic rings. The van der Waals surface area contributed by atoms with Crippen molar-refractivity contribution in [3.63, 3.8) is 0 Å². The first-order chi connectivity index (χ1) is 18.4. The monoisotopic (exact) mass is 553 g/mol. The van der Waals surface area contributed by atoms with Gasteiger partial charge in [0, 0.05) is 12.6 Å². The number of rotatable bonds is 6. The van der Waals surface area contributed by atoms with E-state index in [1.807, 2.05) is 48.5 Å². The van der Waals surface area contributed by atoms with Crippen molar-refractivity contribution in [1.29, 1.82) is 0 Å². The van der Waals surface area contributed by atoms with Gasteiger partial charge >= 0.3 is 5.69 Å². The molecular weight excluding hydrogens is 530 g/mol. The van der Waals surface area contributed by atoms with Crippen LogP contribution in [-0.2, 0) is 7.05 Å². The van der Waals surface area contributed by atoms with Gasteiger partial charge in [-0.15, -0.1) is 10.2 Å². The van der Waals surface area contributed by atoms with Gasteiger partial charge in [0.2, 0.25) is 0 Å². The smallest absolute Gasteiger partial charge is 0.349 e. The van der Waals surface area contributed by atoms with E-state index in [0.717, 1.165) is 0 Å². The lowest BCUT2D eigenvalue weighted by Crippen LogP contribution is -2.68. The number of carbonyl (C=O) groups excluding carboxylic acids is 1. The van der Waals surface area contributed by atoms with E-state index >= 15 is 0 Å². The second-order valence-electron chi connectivity index (χ2n) is 8.14. The first-order valence-corrected chi connectivity index (χ1v) is 12.5. The van der Waals surface area contributed by atoms with Crippen molar-refractivity contribution in [2.45, 2.75) is 6.92 Å². The van der Waals surface area contributed by atoms with Crippen molar-refractivity contribution in [2.24, 2.45) is 7.05 Å². The van der Waals surface area contributed by atoms with Crippen molar-refractivity contribution in [3.8, 4) is 28.1 Å². The lowest BCUT2D eigenvalue weighted by atomic mass is 9.92. The number of anilines is 1. The zero-order chi connectivity index (χ0) is 28.7. The average molecular weight is 554 g/mol. The normalized spacial score (nSPS) is 10.7. The standard InChI is InChI=1S/C27H23N3O4.ClHO4/c1-18-23(27(31)28-21-12-8-5-9-13-21)24(19-14-16-22(34-3)17-15-19)26(30(32)33)25(29(18)2)20-10-6-4-7-11-20;2-1(3,4)5/h4-17H,1-3H3;(H,2,3,4,5). The lowest BCUT2D eigenvalue weighted by Gasteiger charge is -2.17. The molecule has 1 N–H and O–H groups in total. The number of hydrogen-bond acceptors (Lipinski definition) is 8. The Balaban J connectivity index is 0.000000771. The molecule has 0 fully saturated rings. The van der Waals surface area contributed by atoms with Crippen LogP contribution in [0.25, 0.3) is 22.4 Å². The molecule has 0 bridgehead atoms. The number of carbonyl (C=O) groups is 1. The molecular formula is C27H24ClN3O8. The molecule has 1 heterocycles. The third-order valence-corrected chi connectivity index (χ3v) is 5.78. The fourth-order valence-electron chi connectivity index (χ4n) is 4.05. The number of nitrogens with one attached hydrogen (secondary N) is 1. The Morgan fingerprint density at radius 2 is 1.38 bits per heavy atom. The summed E-state index contributed by atoms with van der Waals surface area (Å²) in [4.78, 5) is 25.7. The van der Waals surface area contributed by atoms with Crippen LogP contribution in [0.5, 0.6) is 5.75 Å². The van der Waals surface area contributed by atoms with E-state index in [1.165, 1.54) is 0 Å². The number of ether oxygens (including phenoxy) is 1. The van der Waals surface area contributed by atoms with Gasteiger partial charge in [0.25, 0.3) is 11.6 Å². The summed E-state index contributed by atoms with van der Waals surface area (Å²) < 4.78 is 40.9. The summed E-state index contributed by atoms with van der Waals surface area (Å²) >= 11 is 0. The van der Waals surface area contributed by atoms with Gasteiger partial charge < -0.3 is 10.1 Å².